The molecule has 16 heavy (non-hydrogen) atoms. The van der Waals surface area contributed by atoms with E-state index in [1.807, 2.05) is 18.3 Å². The van der Waals surface area contributed by atoms with Gasteiger partial charge < -0.3 is 10.6 Å². The van der Waals surface area contributed by atoms with Gasteiger partial charge in [0, 0.05) is 24.2 Å². The summed E-state index contributed by atoms with van der Waals surface area (Å²) in [5.41, 5.74) is 1.88. The molecule has 0 aliphatic carbocycles. The summed E-state index contributed by atoms with van der Waals surface area (Å²) < 4.78 is 0. The first-order valence-corrected chi connectivity index (χ1v) is 5.60. The van der Waals surface area contributed by atoms with Gasteiger partial charge in [-0.15, -0.1) is 0 Å². The molecule has 2 aromatic rings. The molecule has 0 saturated carbocycles. The number of aromatic nitrogens is 2. The molecule has 0 radical (unpaired) electrons. The second-order valence-electron chi connectivity index (χ2n) is 4.11. The monoisotopic (exact) mass is 214 g/mol. The van der Waals surface area contributed by atoms with Gasteiger partial charge in [-0.3, -0.25) is 0 Å². The highest BCUT2D eigenvalue weighted by Crippen LogP contribution is 2.16. The van der Waals surface area contributed by atoms with Crippen molar-refractivity contribution in [3.8, 4) is 0 Å². The van der Waals surface area contributed by atoms with Crippen LogP contribution in [0.4, 0.5) is 5.69 Å². The van der Waals surface area contributed by atoms with E-state index in [1.165, 1.54) is 6.42 Å². The van der Waals surface area contributed by atoms with E-state index >= 15 is 0 Å². The van der Waals surface area contributed by atoms with Crippen molar-refractivity contribution in [3.05, 3.63) is 30.6 Å². The maximum absolute atomic E-state index is 4.33. The molecule has 1 saturated heterocycles. The van der Waals surface area contributed by atoms with Gasteiger partial charge in [0.25, 0.3) is 0 Å². The number of anilines is 1. The SMILES string of the molecule is c1cnc2ncc(N[C@H]3CCNC3)cc2c1. The molecule has 3 heterocycles. The van der Waals surface area contributed by atoms with Crippen LogP contribution in [0.3, 0.4) is 0 Å². The van der Waals surface area contributed by atoms with Gasteiger partial charge in [0.2, 0.25) is 0 Å². The fourth-order valence-electron chi connectivity index (χ4n) is 2.06. The van der Waals surface area contributed by atoms with Crippen molar-refractivity contribution in [1.82, 2.24) is 15.3 Å². The Morgan fingerprint density at radius 2 is 2.38 bits per heavy atom. The molecule has 0 unspecified atom stereocenters. The second kappa shape index (κ2) is 4.06. The summed E-state index contributed by atoms with van der Waals surface area (Å²) >= 11 is 0. The van der Waals surface area contributed by atoms with Crippen LogP contribution in [0.2, 0.25) is 0 Å². The highest BCUT2D eigenvalue weighted by molar-refractivity contribution is 5.77. The van der Waals surface area contributed by atoms with Crippen LogP contribution in [0.1, 0.15) is 6.42 Å². The first-order chi connectivity index (χ1) is 7.92. The van der Waals surface area contributed by atoms with Crippen LogP contribution in [0.15, 0.2) is 30.6 Å². The van der Waals surface area contributed by atoms with E-state index in [4.69, 9.17) is 0 Å². The topological polar surface area (TPSA) is 49.8 Å². The van der Waals surface area contributed by atoms with Gasteiger partial charge in [-0.2, -0.15) is 0 Å². The first kappa shape index (κ1) is 9.54. The largest absolute Gasteiger partial charge is 0.380 e. The third-order valence-corrected chi connectivity index (χ3v) is 2.88. The molecule has 2 aromatic heterocycles. The molecule has 2 N–H and O–H groups in total. The number of hydrogen-bond acceptors (Lipinski definition) is 4. The zero-order chi connectivity index (χ0) is 10.8. The third-order valence-electron chi connectivity index (χ3n) is 2.88. The summed E-state index contributed by atoms with van der Waals surface area (Å²) in [4.78, 5) is 8.53. The standard InChI is InChI=1S/C12H14N4/c1-2-9-6-11(8-15-12(9)14-4-1)16-10-3-5-13-7-10/h1-2,4,6,8,10,13,16H,3,5,7H2/t10-/m0/s1. The Bertz CT molecular complexity index is 491. The van der Waals surface area contributed by atoms with Crippen molar-refractivity contribution >= 4 is 16.7 Å². The molecule has 1 fully saturated rings. The number of nitrogens with zero attached hydrogens (tertiary/aromatic N) is 2. The molecule has 0 amide bonds. The van der Waals surface area contributed by atoms with E-state index in [-0.39, 0.29) is 0 Å². The van der Waals surface area contributed by atoms with Gasteiger partial charge in [0.05, 0.1) is 11.9 Å². The summed E-state index contributed by atoms with van der Waals surface area (Å²) in [6.45, 7) is 2.13. The molecule has 3 rings (SSSR count). The molecule has 4 heteroatoms. The zero-order valence-corrected chi connectivity index (χ0v) is 8.98. The number of nitrogens with one attached hydrogen (secondary N) is 2. The van der Waals surface area contributed by atoms with Crippen LogP contribution in [-0.2, 0) is 0 Å². The Hall–Kier alpha value is -1.68. The van der Waals surface area contributed by atoms with E-state index in [0.29, 0.717) is 6.04 Å². The van der Waals surface area contributed by atoms with Gasteiger partial charge in [-0.1, -0.05) is 0 Å². The zero-order valence-electron chi connectivity index (χ0n) is 8.98. The highest BCUT2D eigenvalue weighted by atomic mass is 15.0. The molecular weight excluding hydrogens is 200 g/mol. The van der Waals surface area contributed by atoms with Crippen molar-refractivity contribution < 1.29 is 0 Å². The van der Waals surface area contributed by atoms with Crippen LogP contribution < -0.4 is 10.6 Å². The van der Waals surface area contributed by atoms with Crippen molar-refractivity contribution in [2.45, 2.75) is 12.5 Å². The minimum absolute atomic E-state index is 0.524. The van der Waals surface area contributed by atoms with Crippen LogP contribution in [0, 0.1) is 0 Å². The first-order valence-electron chi connectivity index (χ1n) is 5.60. The Kier molecular flexibility index (Phi) is 2.42. The number of rotatable bonds is 2. The van der Waals surface area contributed by atoms with Gasteiger partial charge in [0.15, 0.2) is 5.65 Å². The second-order valence-corrected chi connectivity index (χ2v) is 4.11. The number of pyridine rings is 2. The minimum Gasteiger partial charge on any atom is -0.380 e. The third kappa shape index (κ3) is 1.84. The lowest BCUT2D eigenvalue weighted by atomic mass is 10.2. The molecule has 1 aliphatic heterocycles. The quantitative estimate of drug-likeness (QED) is 0.793. The van der Waals surface area contributed by atoms with Crippen molar-refractivity contribution in [2.75, 3.05) is 18.4 Å². The van der Waals surface area contributed by atoms with Crippen molar-refractivity contribution in [1.29, 1.82) is 0 Å². The lowest BCUT2D eigenvalue weighted by Crippen LogP contribution is -2.22. The Balaban J connectivity index is 1.86. The average Bonchev–Trinajstić information content (AvgIpc) is 2.82. The molecule has 1 aliphatic rings. The Morgan fingerprint density at radius 3 is 3.25 bits per heavy atom. The maximum Gasteiger partial charge on any atom is 0.159 e. The smallest absolute Gasteiger partial charge is 0.159 e. The van der Waals surface area contributed by atoms with Crippen molar-refractivity contribution in [2.24, 2.45) is 0 Å². The number of fused-ring (bicyclic) bond motifs is 1. The van der Waals surface area contributed by atoms with Crippen LogP contribution >= 0.6 is 0 Å². The van der Waals surface area contributed by atoms with E-state index in [0.717, 1.165) is 29.8 Å². The molecule has 0 aromatic carbocycles. The summed E-state index contributed by atoms with van der Waals surface area (Å²) in [5, 5.41) is 7.90. The molecule has 0 spiro atoms. The minimum atomic E-state index is 0.524. The van der Waals surface area contributed by atoms with Crippen LogP contribution in [0.5, 0.6) is 0 Å². The summed E-state index contributed by atoms with van der Waals surface area (Å²) in [7, 11) is 0. The summed E-state index contributed by atoms with van der Waals surface area (Å²) in [6, 6.07) is 6.60. The molecule has 4 nitrogen and oxygen atoms in total. The number of hydrogen-bond donors (Lipinski definition) is 2. The summed E-state index contributed by atoms with van der Waals surface area (Å²) in [5.74, 6) is 0. The molecule has 82 valence electrons. The molecule has 1 atom stereocenters. The predicted octanol–water partition coefficient (Wildman–Crippen LogP) is 1.40. The average molecular weight is 214 g/mol. The summed E-state index contributed by atoms with van der Waals surface area (Å²) in [6.07, 6.45) is 4.79. The normalized spacial score (nSPS) is 20.1. The maximum atomic E-state index is 4.33. The predicted molar refractivity (Wildman–Crippen MR) is 64.4 cm³/mol. The Morgan fingerprint density at radius 1 is 1.38 bits per heavy atom. The lowest BCUT2D eigenvalue weighted by Gasteiger charge is -2.12. The molecular formula is C12H14N4. The van der Waals surface area contributed by atoms with Gasteiger partial charge in [-0.05, 0) is 31.2 Å². The van der Waals surface area contributed by atoms with Crippen molar-refractivity contribution in [3.63, 3.8) is 0 Å². The van der Waals surface area contributed by atoms with Crippen LogP contribution in [0.25, 0.3) is 11.0 Å². The van der Waals surface area contributed by atoms with Gasteiger partial charge in [0.1, 0.15) is 0 Å². The van der Waals surface area contributed by atoms with Gasteiger partial charge in [-0.25, -0.2) is 9.97 Å². The van der Waals surface area contributed by atoms with E-state index < -0.39 is 0 Å². The molecule has 0 bridgehead atoms. The van der Waals surface area contributed by atoms with E-state index in [2.05, 4.69) is 26.7 Å². The lowest BCUT2D eigenvalue weighted by molar-refractivity contribution is 0.793. The highest BCUT2D eigenvalue weighted by Gasteiger charge is 2.13. The van der Waals surface area contributed by atoms with Gasteiger partial charge >= 0.3 is 0 Å². The van der Waals surface area contributed by atoms with Crippen LogP contribution in [-0.4, -0.2) is 29.1 Å². The fraction of sp³-hybridized carbons (Fsp3) is 0.333. The van der Waals surface area contributed by atoms with E-state index in [9.17, 15) is 0 Å². The van der Waals surface area contributed by atoms with E-state index in [1.54, 1.807) is 6.20 Å². The fourth-order valence-corrected chi connectivity index (χ4v) is 2.06. The Labute approximate surface area is 94.1 Å².